The predicted octanol–water partition coefficient (Wildman–Crippen LogP) is -6.22. The van der Waals surface area contributed by atoms with E-state index >= 15 is 0 Å². The largest absolute Gasteiger partial charge is 0.394 e. The predicted molar refractivity (Wildman–Crippen MR) is 247 cm³/mol. The molecule has 41 heteroatoms. The van der Waals surface area contributed by atoms with E-state index in [1.807, 2.05) is 0 Å². The maximum absolute atomic E-state index is 12.3. The third kappa shape index (κ3) is 26.8. The number of rotatable bonds is 16. The normalized spacial score (nSPS) is 31.8. The number of hydrogen-bond acceptors (Lipinski definition) is 28. The fourth-order valence-electron chi connectivity index (χ4n) is 7.63. The molecule has 4 fully saturated rings. The van der Waals surface area contributed by atoms with Crippen LogP contribution in [0.1, 0.15) is 41.4 Å². The van der Waals surface area contributed by atoms with Crippen LogP contribution in [0.4, 0.5) is 0 Å². The van der Waals surface area contributed by atoms with Crippen molar-refractivity contribution >= 4 is 24.4 Å². The number of hydrogen-bond donors (Lipinski definition) is 15. The molecular weight excluding hydrogens is 2410 g/mol. The van der Waals surface area contributed by atoms with Crippen molar-refractivity contribution in [3.63, 3.8) is 0 Å². The first-order valence-corrected chi connectivity index (χ1v) is 22.5. The molecule has 4 saturated heterocycles. The molecule has 0 bridgehead atoms. The van der Waals surface area contributed by atoms with Gasteiger partial charge in [-0.05, 0) is 23.2 Å². The summed E-state index contributed by atoms with van der Waals surface area (Å²) >= 11 is 0. The van der Waals surface area contributed by atoms with Crippen molar-refractivity contribution in [3.8, 4) is 0 Å². The summed E-state index contributed by atoms with van der Waals surface area (Å²) in [4.78, 5) is 65.5. The number of methoxy groups -OCH3 is 2. The molecule has 4 aliphatic heterocycles. The van der Waals surface area contributed by atoms with Gasteiger partial charge in [0.25, 0.3) is 16.9 Å². The quantitative estimate of drug-likeness (QED) is 0.0186. The second-order valence-corrected chi connectivity index (χ2v) is 16.4. The maximum Gasteiger partial charge on any atom is 0.297 e. The van der Waals surface area contributed by atoms with Gasteiger partial charge in [0.15, 0.2) is 31.4 Å². The number of carbonyl (C=O) groups excluding carboxylic acids is 4. The van der Waals surface area contributed by atoms with Crippen LogP contribution >= 0.6 is 0 Å². The van der Waals surface area contributed by atoms with E-state index in [1.165, 1.54) is 38.5 Å². The van der Waals surface area contributed by atoms with Crippen LogP contribution in [0.15, 0.2) is 58.8 Å². The first-order chi connectivity index (χ1) is 36.7. The van der Waals surface area contributed by atoms with Crippen molar-refractivity contribution in [2.24, 2.45) is 10.2 Å². The Morgan fingerprint density at radius 1 is 0.554 bits per heavy atom. The summed E-state index contributed by atoms with van der Waals surface area (Å²) in [6, 6.07) is 7.29. The molecule has 4 aliphatic rings. The van der Waals surface area contributed by atoms with Crippen molar-refractivity contribution < 1.29 is 388 Å². The summed E-state index contributed by atoms with van der Waals surface area (Å²) in [5.41, 5.74) is 17.0. The molecular formula is C42H59Ac6N9O26. The molecule has 0 aliphatic carbocycles. The van der Waals surface area contributed by atoms with Gasteiger partial charge in [-0.2, -0.15) is 0 Å². The average Bonchev–Trinajstić information content (AvgIpc) is 3.48. The number of ether oxygens (including phenoxy) is 6. The van der Waals surface area contributed by atoms with Gasteiger partial charge in [-0.25, -0.2) is 0 Å². The summed E-state index contributed by atoms with van der Waals surface area (Å²) < 4.78 is 30.0. The zero-order valence-corrected chi connectivity index (χ0v) is 72.3. The Balaban J connectivity index is -0.000000496. The number of nitrogens with one attached hydrogen (secondary N) is 2. The van der Waals surface area contributed by atoms with Crippen molar-refractivity contribution in [2.45, 2.75) is 123 Å². The molecule has 12 unspecified atom stereocenters. The number of benzene rings is 2. The van der Waals surface area contributed by atoms with E-state index in [4.69, 9.17) is 59.9 Å². The molecule has 0 spiro atoms. The Labute approximate surface area is 686 Å². The standard InChI is InChI=1S/C15H19NO7.C14H17NO7.C7H13N3O5.C6H10N4O7.6Ac/c1-22-15-11(13(20)12(19)10(7-18)23-15)16-14(21)9-5-3-2-4-8(9)6-17;16-5-7-3-1-2-4-8(7)13(20)15-10-12(19)11(18)9(6-17)22-14(10)21;1-14-7-4(9-10-8)6(13)5(12)3(2-11)15-7;7-9-8-3-5(13)4(12)2(1-11)16-6(3)17-10(14)15;;;;;;/h2-6,10-13,15,18-20H,7H2,1H3,(H,16,21);1-5,9-12,14,17-19,21H,6H2,(H,15,20);3-7,11-13H,2H2,1H3;2-6,11-13H,1H2;;;;;;/t10?,11?,12-,13+,15?;9?,10-,11+,12?,14?;3?,4?,5-,6+,7?;2?,3-,4+,5?,6?;;;;;;/m0000....../s1. The van der Waals surface area contributed by atoms with Gasteiger partial charge >= 0.3 is 0 Å². The molecule has 2 amide bonds. The van der Waals surface area contributed by atoms with E-state index in [0.717, 1.165) is 0 Å². The van der Waals surface area contributed by atoms with Gasteiger partial charge in [-0.1, -0.05) is 46.6 Å². The second kappa shape index (κ2) is 48.2. The Morgan fingerprint density at radius 2 is 0.880 bits per heavy atom. The Kier molecular flexibility index (Phi) is 53.3. The zero-order chi connectivity index (χ0) is 57.7. The molecule has 6 radical (unpaired) electrons. The summed E-state index contributed by atoms with van der Waals surface area (Å²) in [5.74, 6) is -1.32. The van der Waals surface area contributed by atoms with E-state index in [1.54, 1.807) is 24.3 Å². The van der Waals surface area contributed by atoms with Crippen LogP contribution in [0.2, 0.25) is 0 Å². The molecule has 2 aromatic rings. The van der Waals surface area contributed by atoms with Crippen LogP contribution < -0.4 is 10.6 Å². The third-order valence-electron chi connectivity index (χ3n) is 11.8. The minimum absolute atomic E-state index is 0. The van der Waals surface area contributed by atoms with Gasteiger partial charge in [-0.15, -0.1) is 10.1 Å². The summed E-state index contributed by atoms with van der Waals surface area (Å²) in [5, 5.41) is 144. The van der Waals surface area contributed by atoms with Crippen LogP contribution in [0.25, 0.3) is 20.9 Å². The fourth-order valence-corrected chi connectivity index (χ4v) is 7.63. The molecule has 2 aromatic carbocycles. The van der Waals surface area contributed by atoms with Crippen molar-refractivity contribution in [3.05, 3.63) is 102 Å². The smallest absolute Gasteiger partial charge is 0.297 e. The number of azide groups is 2. The van der Waals surface area contributed by atoms with Gasteiger partial charge in [0.05, 0.1) is 38.6 Å². The molecule has 0 saturated carbocycles. The van der Waals surface area contributed by atoms with Gasteiger partial charge in [0.1, 0.15) is 85.2 Å². The number of carbonyl (C=O) groups is 4. The van der Waals surface area contributed by atoms with E-state index in [0.29, 0.717) is 12.6 Å². The van der Waals surface area contributed by atoms with Crippen molar-refractivity contribution in [2.75, 3.05) is 40.6 Å². The molecule has 0 aromatic heterocycles. The van der Waals surface area contributed by atoms with E-state index < -0.39 is 166 Å². The molecule has 83 heavy (non-hydrogen) atoms. The Hall–Kier alpha value is 2.43. The number of aliphatic hydroxyl groups is 13. The van der Waals surface area contributed by atoms with Crippen LogP contribution in [0.5, 0.6) is 0 Å². The molecule has 15 N–H and O–H groups in total. The minimum Gasteiger partial charge on any atom is -0.394 e. The number of amides is 2. The molecule has 6 rings (SSSR count). The topological polar surface area (TPSA) is 561 Å². The van der Waals surface area contributed by atoms with Crippen LogP contribution in [0.3, 0.4) is 0 Å². The van der Waals surface area contributed by atoms with Crippen molar-refractivity contribution in [1.29, 1.82) is 0 Å². The first kappa shape index (κ1) is 91.8. The van der Waals surface area contributed by atoms with Crippen LogP contribution in [-0.2, 0) is 33.3 Å². The van der Waals surface area contributed by atoms with E-state index in [-0.39, 0.29) is 287 Å². The maximum atomic E-state index is 12.3. The Bertz CT molecular complexity index is 2350. The average molecular weight is 2470 g/mol. The molecule has 35 nitrogen and oxygen atoms in total. The van der Waals surface area contributed by atoms with E-state index in [9.17, 15) is 75.3 Å². The van der Waals surface area contributed by atoms with E-state index in [2.05, 4.69) is 35.5 Å². The minimum atomic E-state index is -1.68. The molecule has 446 valence electrons. The first-order valence-electron chi connectivity index (χ1n) is 22.5. The van der Waals surface area contributed by atoms with Gasteiger partial charge < -0.3 is 105 Å². The molecule has 4 heterocycles. The Morgan fingerprint density at radius 3 is 1.24 bits per heavy atom. The third-order valence-corrected chi connectivity index (χ3v) is 11.8. The monoisotopic (exact) mass is 2470 g/mol. The van der Waals surface area contributed by atoms with Gasteiger partial charge in [0.2, 0.25) is 6.29 Å². The SMILES string of the molecule is COC1OC(CO)[C@H](O)[C@H](O)C1N=[N+]=[N-].COC1OC(CO)[C@H](O)[C@H](O)C1NC(=O)c1ccccc1C=O.O=Cc1ccccc1C(=O)N[C@@H]1C(O)OC(CO)[C@@H](O)C1O.[Ac].[Ac].[Ac].[Ac].[Ac].[Ac].[N-]=[N+]=N[C@@H]1C(O[N+](=O)[O-])OC(CO)[C@@H](O)C1O. The number of aldehydes is 2. The van der Waals surface area contributed by atoms with Crippen LogP contribution in [0, 0.1) is 274 Å². The van der Waals surface area contributed by atoms with Gasteiger partial charge in [-0.3, -0.25) is 24.0 Å². The van der Waals surface area contributed by atoms with Crippen molar-refractivity contribution in [1.82, 2.24) is 10.6 Å². The zero-order valence-electron chi connectivity index (χ0n) is 43.9. The van der Waals surface area contributed by atoms with Crippen LogP contribution in [-0.4, -0.2) is 259 Å². The summed E-state index contributed by atoms with van der Waals surface area (Å²) in [6.07, 6.45) is -20.3. The fraction of sp³-hybridized carbons (Fsp3) is 0.619. The second-order valence-electron chi connectivity index (χ2n) is 16.4. The summed E-state index contributed by atoms with van der Waals surface area (Å²) in [6.45, 7) is -2.24. The molecule has 20 atom stereocenters. The number of nitrogens with zero attached hydrogens (tertiary/aromatic N) is 7. The van der Waals surface area contributed by atoms with Gasteiger partial charge in [0, 0.05) is 311 Å². The number of aliphatic hydroxyl groups excluding tert-OH is 13. The summed E-state index contributed by atoms with van der Waals surface area (Å²) in [7, 11) is 2.62.